The van der Waals surface area contributed by atoms with Gasteiger partial charge in [0.1, 0.15) is 0 Å². The van der Waals surface area contributed by atoms with Crippen LogP contribution in [0.1, 0.15) is 27.2 Å². The van der Waals surface area contributed by atoms with Crippen molar-refractivity contribution in [3.63, 3.8) is 0 Å². The highest BCUT2D eigenvalue weighted by Crippen LogP contribution is 2.31. The molecule has 2 heterocycles. The summed E-state index contributed by atoms with van der Waals surface area (Å²) in [7, 11) is -1.11. The molecule has 29 heavy (non-hydrogen) atoms. The maximum absolute atomic E-state index is 13.5. The molecule has 0 saturated heterocycles. The van der Waals surface area contributed by atoms with Gasteiger partial charge in [-0.2, -0.15) is 0 Å². The van der Waals surface area contributed by atoms with Gasteiger partial charge in [-0.1, -0.05) is 61.6 Å². The number of hydrogen-bond acceptors (Lipinski definition) is 1. The van der Waals surface area contributed by atoms with E-state index in [0.717, 1.165) is 29.9 Å². The maximum Gasteiger partial charge on any atom is 0.260 e. The Morgan fingerprint density at radius 2 is 1.83 bits per heavy atom. The molecule has 3 aromatic rings. The second-order valence-corrected chi connectivity index (χ2v) is 15.1. The summed E-state index contributed by atoms with van der Waals surface area (Å²) in [6.45, 7) is 8.43. The number of hydrogen-bond donors (Lipinski definition) is 0. The summed E-state index contributed by atoms with van der Waals surface area (Å²) < 4.78 is 2.20. The van der Waals surface area contributed by atoms with Gasteiger partial charge in [0.15, 0.2) is 0 Å². The molecule has 0 radical (unpaired) electrons. The molecule has 5 heteroatoms. The Bertz CT molecular complexity index is 1050. The Balaban J connectivity index is 1.65. The first-order valence-corrected chi connectivity index (χ1v) is 14.2. The minimum absolute atomic E-state index is 0.0474. The van der Waals surface area contributed by atoms with Crippen molar-refractivity contribution < 1.29 is 4.79 Å². The first kappa shape index (κ1) is 20.0. The lowest BCUT2D eigenvalue weighted by molar-refractivity contribution is 0.0985. The van der Waals surface area contributed by atoms with Gasteiger partial charge in [0, 0.05) is 32.2 Å². The topological polar surface area (TPSA) is 25.2 Å². The number of carbonyl (C=O) groups excluding carboxylic acids is 1. The zero-order valence-corrected chi connectivity index (χ0v) is 19.0. The molecule has 0 spiro atoms. The molecule has 0 saturated carbocycles. The molecule has 4 rings (SSSR count). The third-order valence-electron chi connectivity index (χ3n) is 5.54. The highest BCUT2D eigenvalue weighted by molar-refractivity contribution is 6.76. The van der Waals surface area contributed by atoms with E-state index in [4.69, 9.17) is 11.6 Å². The number of halogens is 1. The summed E-state index contributed by atoms with van der Waals surface area (Å²) in [5.74, 6) is -0.0474. The number of rotatable bonds is 4. The lowest BCUT2D eigenvalue weighted by Crippen LogP contribution is -2.30. The molecular weight excluding hydrogens is 396 g/mol. The highest BCUT2D eigenvalue weighted by atomic mass is 35.5. The lowest BCUT2D eigenvalue weighted by atomic mass is 10.1. The van der Waals surface area contributed by atoms with Gasteiger partial charge in [0.2, 0.25) is 0 Å². The van der Waals surface area contributed by atoms with Crippen LogP contribution in [0.5, 0.6) is 0 Å². The van der Waals surface area contributed by atoms with Gasteiger partial charge >= 0.3 is 0 Å². The van der Waals surface area contributed by atoms with E-state index in [2.05, 4.69) is 48.6 Å². The molecule has 0 fully saturated rings. The van der Waals surface area contributed by atoms with Crippen LogP contribution in [0.25, 0.3) is 0 Å². The van der Waals surface area contributed by atoms with Crippen molar-refractivity contribution in [2.75, 3.05) is 4.90 Å². The summed E-state index contributed by atoms with van der Waals surface area (Å²) in [6, 6.07) is 19.4. The number of fused-ring (bicyclic) bond motifs is 2. The first-order valence-electron chi connectivity index (χ1n) is 10.1. The van der Waals surface area contributed by atoms with E-state index in [0.29, 0.717) is 17.1 Å². The number of aryl methyl sites for hydroxylation is 1. The Labute approximate surface area is 178 Å². The van der Waals surface area contributed by atoms with Gasteiger partial charge in [0.05, 0.1) is 17.1 Å². The zero-order chi connectivity index (χ0) is 20.6. The van der Waals surface area contributed by atoms with Gasteiger partial charge in [0.25, 0.3) is 5.91 Å². The molecule has 1 amide bonds. The van der Waals surface area contributed by atoms with Crippen LogP contribution in [-0.4, -0.2) is 18.5 Å². The fourth-order valence-corrected chi connectivity index (χ4v) is 5.14. The Kier molecular flexibility index (Phi) is 5.41. The van der Waals surface area contributed by atoms with Crippen molar-refractivity contribution in [2.45, 2.75) is 45.2 Å². The van der Waals surface area contributed by atoms with Gasteiger partial charge < -0.3 is 9.47 Å². The number of carbonyl (C=O) groups is 1. The number of nitrogens with zero attached hydrogens (tertiary/aromatic N) is 2. The van der Waals surface area contributed by atoms with Gasteiger partial charge in [-0.25, -0.2) is 0 Å². The van der Waals surface area contributed by atoms with E-state index in [-0.39, 0.29) is 5.91 Å². The zero-order valence-electron chi connectivity index (χ0n) is 17.3. The molecule has 0 N–H and O–H groups in total. The number of para-hydroxylation sites is 1. The second-order valence-electron chi connectivity index (χ2n) is 9.02. The first-order chi connectivity index (χ1) is 13.8. The van der Waals surface area contributed by atoms with Crippen LogP contribution in [0, 0.1) is 0 Å². The van der Waals surface area contributed by atoms with Crippen molar-refractivity contribution in [3.8, 4) is 0 Å². The Morgan fingerprint density at radius 1 is 1.03 bits per heavy atom. The van der Waals surface area contributed by atoms with Crippen LogP contribution >= 0.6 is 11.6 Å². The smallest absolute Gasteiger partial charge is 0.260 e. The fourth-order valence-electron chi connectivity index (χ4n) is 3.82. The maximum atomic E-state index is 13.5. The quantitative estimate of drug-likeness (QED) is 0.457. The number of anilines is 1. The van der Waals surface area contributed by atoms with Gasteiger partial charge in [-0.15, -0.1) is 0 Å². The van der Waals surface area contributed by atoms with Gasteiger partial charge in [-0.3, -0.25) is 4.79 Å². The molecule has 0 atom stereocenters. The summed E-state index contributed by atoms with van der Waals surface area (Å²) in [6.07, 6.45) is 3.09. The van der Waals surface area contributed by atoms with Crippen molar-refractivity contribution in [3.05, 3.63) is 88.2 Å². The third kappa shape index (κ3) is 4.33. The van der Waals surface area contributed by atoms with Crippen LogP contribution in [0.2, 0.25) is 30.7 Å². The van der Waals surface area contributed by atoms with E-state index in [9.17, 15) is 4.79 Å². The van der Waals surface area contributed by atoms with E-state index >= 15 is 0 Å². The molecule has 0 unspecified atom stereocenters. The van der Waals surface area contributed by atoms with E-state index < -0.39 is 8.07 Å². The Hall–Kier alpha value is -2.30. The minimum atomic E-state index is -1.11. The second kappa shape index (κ2) is 7.85. The van der Waals surface area contributed by atoms with E-state index in [1.165, 1.54) is 11.6 Å². The molecule has 1 aliphatic rings. The third-order valence-corrected chi connectivity index (χ3v) is 7.60. The highest BCUT2D eigenvalue weighted by Gasteiger charge is 2.26. The molecule has 1 aliphatic heterocycles. The van der Waals surface area contributed by atoms with Crippen molar-refractivity contribution in [2.24, 2.45) is 0 Å². The number of aromatic nitrogens is 1. The summed E-state index contributed by atoms with van der Waals surface area (Å²) >= 11 is 6.60. The standard InChI is InChI=1S/C24H27ClN2OSi/c1-29(2,3)14-12-18-10-11-21(22(25)15-18)24(28)27-17-20-8-6-13-26(20)16-19-7-4-5-9-23(19)27/h4-11,13,15H,12,14,16-17H2,1-3H3. The lowest BCUT2D eigenvalue weighted by Gasteiger charge is -2.23. The predicted octanol–water partition coefficient (Wildman–Crippen LogP) is 6.23. The van der Waals surface area contributed by atoms with E-state index in [1.54, 1.807) is 0 Å². The van der Waals surface area contributed by atoms with Crippen molar-refractivity contribution in [1.82, 2.24) is 4.57 Å². The average molecular weight is 423 g/mol. The van der Waals surface area contributed by atoms with Crippen LogP contribution in [-0.2, 0) is 19.5 Å². The SMILES string of the molecule is C[Si](C)(C)CCc1ccc(C(=O)N2Cc3cccn3Cc3ccccc32)c(Cl)c1. The van der Waals surface area contributed by atoms with Crippen LogP contribution in [0.15, 0.2) is 60.8 Å². The summed E-state index contributed by atoms with van der Waals surface area (Å²) in [4.78, 5) is 15.4. The fraction of sp³-hybridized carbons (Fsp3) is 0.292. The van der Waals surface area contributed by atoms with Crippen molar-refractivity contribution >= 4 is 31.3 Å². The van der Waals surface area contributed by atoms with Gasteiger partial charge in [-0.05, 0) is 47.9 Å². The molecule has 0 bridgehead atoms. The van der Waals surface area contributed by atoms with E-state index in [1.807, 2.05) is 41.3 Å². The number of benzene rings is 2. The van der Waals surface area contributed by atoms with Crippen LogP contribution < -0.4 is 4.90 Å². The molecule has 2 aromatic carbocycles. The predicted molar refractivity (Wildman–Crippen MR) is 124 cm³/mol. The Morgan fingerprint density at radius 3 is 2.59 bits per heavy atom. The molecule has 1 aromatic heterocycles. The molecule has 3 nitrogen and oxygen atoms in total. The summed E-state index contributed by atoms with van der Waals surface area (Å²) in [5.41, 5.74) is 4.99. The molecule has 150 valence electrons. The molecular formula is C24H27ClN2OSi. The largest absolute Gasteiger partial charge is 0.345 e. The van der Waals surface area contributed by atoms with Crippen LogP contribution in [0.3, 0.4) is 0 Å². The molecule has 0 aliphatic carbocycles. The average Bonchev–Trinajstić information content (AvgIpc) is 3.04. The summed E-state index contributed by atoms with van der Waals surface area (Å²) in [5, 5.41) is 0.542. The number of amides is 1. The monoisotopic (exact) mass is 422 g/mol. The minimum Gasteiger partial charge on any atom is -0.345 e. The normalized spacial score (nSPS) is 13.6. The van der Waals surface area contributed by atoms with Crippen molar-refractivity contribution in [1.29, 1.82) is 0 Å². The van der Waals surface area contributed by atoms with Crippen LogP contribution in [0.4, 0.5) is 5.69 Å².